The summed E-state index contributed by atoms with van der Waals surface area (Å²) < 4.78 is 5.53. The Morgan fingerprint density at radius 3 is 2.68 bits per heavy atom. The van der Waals surface area contributed by atoms with Crippen molar-refractivity contribution in [2.75, 3.05) is 0 Å². The van der Waals surface area contributed by atoms with Crippen molar-refractivity contribution >= 4 is 5.69 Å². The van der Waals surface area contributed by atoms with Gasteiger partial charge in [0.15, 0.2) is 11.5 Å². The normalized spacial score (nSPS) is 10.4. The molecule has 0 spiro atoms. The van der Waals surface area contributed by atoms with E-state index in [0.29, 0.717) is 11.5 Å². The zero-order valence-electron chi connectivity index (χ0n) is 12.5. The summed E-state index contributed by atoms with van der Waals surface area (Å²) in [7, 11) is 0. The average molecular weight is 301 g/mol. The monoisotopic (exact) mass is 301 g/mol. The molecular formula is C17H19NO4. The van der Waals surface area contributed by atoms with Crippen molar-refractivity contribution in [2.45, 2.75) is 32.6 Å². The number of ether oxygens (including phenoxy) is 1. The molecule has 0 aliphatic rings. The fraction of sp³-hybridized carbons (Fsp3) is 0.294. The molecular weight excluding hydrogens is 282 g/mol. The maximum absolute atomic E-state index is 10.7. The zero-order chi connectivity index (χ0) is 15.9. The summed E-state index contributed by atoms with van der Waals surface area (Å²) >= 11 is 0. The predicted octanol–water partition coefficient (Wildman–Crippen LogP) is 4.83. The molecule has 0 aromatic heterocycles. The summed E-state index contributed by atoms with van der Waals surface area (Å²) in [6.07, 6.45) is 4.31. The van der Waals surface area contributed by atoms with Crippen molar-refractivity contribution in [1.29, 1.82) is 0 Å². The minimum absolute atomic E-state index is 0.0421. The Morgan fingerprint density at radius 1 is 1.18 bits per heavy atom. The van der Waals surface area contributed by atoms with E-state index in [0.717, 1.165) is 31.2 Å². The Morgan fingerprint density at radius 2 is 2.00 bits per heavy atom. The summed E-state index contributed by atoms with van der Waals surface area (Å²) in [6, 6.07) is 11.2. The van der Waals surface area contributed by atoms with Crippen LogP contribution in [0.4, 0.5) is 5.69 Å². The van der Waals surface area contributed by atoms with Crippen molar-refractivity contribution in [3.63, 3.8) is 0 Å². The lowest BCUT2D eigenvalue weighted by molar-refractivity contribution is -0.384. The number of rotatable bonds is 7. The van der Waals surface area contributed by atoms with Crippen LogP contribution in [0.5, 0.6) is 17.2 Å². The number of nitrogens with zero attached hydrogens (tertiary/aromatic N) is 1. The van der Waals surface area contributed by atoms with Crippen LogP contribution in [0.2, 0.25) is 0 Å². The molecule has 2 aromatic rings. The third-order valence-electron chi connectivity index (χ3n) is 3.35. The Kier molecular flexibility index (Phi) is 5.36. The maximum Gasteiger partial charge on any atom is 0.273 e. The van der Waals surface area contributed by atoms with Gasteiger partial charge in [-0.3, -0.25) is 10.1 Å². The molecule has 0 atom stereocenters. The number of nitro benzene ring substituents is 1. The SMILES string of the molecule is CCCCCc1ccc(Oc2cccc([N+](=O)[O-])c2)c(O)c1. The number of aromatic hydroxyl groups is 1. The second-order valence-electron chi connectivity index (χ2n) is 5.12. The smallest absolute Gasteiger partial charge is 0.273 e. The van der Waals surface area contributed by atoms with E-state index in [1.54, 1.807) is 24.3 Å². The average Bonchev–Trinajstić information content (AvgIpc) is 2.50. The molecule has 0 heterocycles. The molecule has 116 valence electrons. The van der Waals surface area contributed by atoms with Crippen LogP contribution in [0.1, 0.15) is 31.7 Å². The Bertz CT molecular complexity index is 655. The van der Waals surface area contributed by atoms with E-state index in [1.165, 1.54) is 12.1 Å². The van der Waals surface area contributed by atoms with Gasteiger partial charge in [0.2, 0.25) is 0 Å². The number of unbranched alkanes of at least 4 members (excludes halogenated alkanes) is 2. The molecule has 0 fully saturated rings. The van der Waals surface area contributed by atoms with Crippen LogP contribution in [-0.2, 0) is 6.42 Å². The van der Waals surface area contributed by atoms with Crippen LogP contribution in [0.3, 0.4) is 0 Å². The van der Waals surface area contributed by atoms with Crippen LogP contribution >= 0.6 is 0 Å². The molecule has 0 radical (unpaired) electrons. The molecule has 0 bridgehead atoms. The lowest BCUT2D eigenvalue weighted by Gasteiger charge is -2.09. The van der Waals surface area contributed by atoms with Gasteiger partial charge >= 0.3 is 0 Å². The number of aryl methyl sites for hydroxylation is 1. The molecule has 5 nitrogen and oxygen atoms in total. The molecule has 1 N–H and O–H groups in total. The van der Waals surface area contributed by atoms with Crippen LogP contribution in [-0.4, -0.2) is 10.0 Å². The first kappa shape index (κ1) is 15.8. The molecule has 0 saturated heterocycles. The first-order valence-corrected chi connectivity index (χ1v) is 7.34. The van der Waals surface area contributed by atoms with Crippen LogP contribution in [0, 0.1) is 10.1 Å². The van der Waals surface area contributed by atoms with Crippen molar-refractivity contribution in [3.8, 4) is 17.2 Å². The molecule has 0 saturated carbocycles. The highest BCUT2D eigenvalue weighted by Crippen LogP contribution is 2.33. The molecule has 0 amide bonds. The van der Waals surface area contributed by atoms with Gasteiger partial charge in [-0.1, -0.05) is 31.9 Å². The van der Waals surface area contributed by atoms with Gasteiger partial charge in [-0.15, -0.1) is 0 Å². The standard InChI is InChI=1S/C17H19NO4/c1-2-3-4-6-13-9-10-17(16(19)11-13)22-15-8-5-7-14(12-15)18(20)21/h5,7-12,19H,2-4,6H2,1H3. The van der Waals surface area contributed by atoms with E-state index in [9.17, 15) is 15.2 Å². The largest absolute Gasteiger partial charge is 0.504 e. The number of phenolic OH excluding ortho intramolecular Hbond substituents is 1. The molecule has 22 heavy (non-hydrogen) atoms. The fourth-order valence-corrected chi connectivity index (χ4v) is 2.17. The van der Waals surface area contributed by atoms with Crippen molar-refractivity contribution in [1.82, 2.24) is 0 Å². The number of phenols is 1. The highest BCUT2D eigenvalue weighted by Gasteiger charge is 2.09. The number of benzene rings is 2. The lowest BCUT2D eigenvalue weighted by Crippen LogP contribution is -1.91. The van der Waals surface area contributed by atoms with Gasteiger partial charge < -0.3 is 9.84 Å². The van der Waals surface area contributed by atoms with Gasteiger partial charge in [0.25, 0.3) is 5.69 Å². The minimum Gasteiger partial charge on any atom is -0.504 e. The Balaban J connectivity index is 2.09. The Hall–Kier alpha value is -2.56. The third-order valence-corrected chi connectivity index (χ3v) is 3.35. The maximum atomic E-state index is 10.7. The lowest BCUT2D eigenvalue weighted by atomic mass is 10.1. The molecule has 0 aliphatic carbocycles. The minimum atomic E-state index is -0.483. The van der Waals surface area contributed by atoms with Gasteiger partial charge in [0.1, 0.15) is 5.75 Å². The van der Waals surface area contributed by atoms with Crippen LogP contribution in [0.25, 0.3) is 0 Å². The number of nitro groups is 1. The highest BCUT2D eigenvalue weighted by molar-refractivity contribution is 5.46. The van der Waals surface area contributed by atoms with Crippen molar-refractivity contribution in [2.24, 2.45) is 0 Å². The first-order chi connectivity index (χ1) is 10.6. The summed E-state index contributed by atoms with van der Waals surface area (Å²) in [4.78, 5) is 10.3. The second-order valence-corrected chi connectivity index (χ2v) is 5.12. The number of hydrogen-bond acceptors (Lipinski definition) is 4. The first-order valence-electron chi connectivity index (χ1n) is 7.34. The van der Waals surface area contributed by atoms with Gasteiger partial charge in [-0.25, -0.2) is 0 Å². The Labute approximate surface area is 129 Å². The van der Waals surface area contributed by atoms with E-state index >= 15 is 0 Å². The molecule has 2 rings (SSSR count). The summed E-state index contributed by atoms with van der Waals surface area (Å²) in [5.41, 5.74) is 1.01. The van der Waals surface area contributed by atoms with E-state index < -0.39 is 4.92 Å². The van der Waals surface area contributed by atoms with Crippen molar-refractivity contribution < 1.29 is 14.8 Å². The molecule has 2 aromatic carbocycles. The van der Waals surface area contributed by atoms with E-state index in [2.05, 4.69) is 6.92 Å². The summed E-state index contributed by atoms with van der Waals surface area (Å²) in [5, 5.41) is 20.8. The summed E-state index contributed by atoms with van der Waals surface area (Å²) in [5.74, 6) is 0.656. The van der Waals surface area contributed by atoms with Crippen LogP contribution < -0.4 is 4.74 Å². The second kappa shape index (κ2) is 7.45. The zero-order valence-corrected chi connectivity index (χ0v) is 12.5. The van der Waals surface area contributed by atoms with Gasteiger partial charge in [-0.2, -0.15) is 0 Å². The van der Waals surface area contributed by atoms with E-state index in [1.807, 2.05) is 6.07 Å². The topological polar surface area (TPSA) is 72.6 Å². The fourth-order valence-electron chi connectivity index (χ4n) is 2.17. The van der Waals surface area contributed by atoms with Gasteiger partial charge in [0, 0.05) is 6.07 Å². The number of hydrogen-bond donors (Lipinski definition) is 1. The summed E-state index contributed by atoms with van der Waals surface area (Å²) in [6.45, 7) is 2.15. The van der Waals surface area contributed by atoms with Crippen molar-refractivity contribution in [3.05, 3.63) is 58.1 Å². The van der Waals surface area contributed by atoms with Gasteiger partial charge in [0.05, 0.1) is 11.0 Å². The third kappa shape index (κ3) is 4.22. The molecule has 0 unspecified atom stereocenters. The van der Waals surface area contributed by atoms with Gasteiger partial charge in [-0.05, 0) is 36.6 Å². The molecule has 0 aliphatic heterocycles. The highest BCUT2D eigenvalue weighted by atomic mass is 16.6. The van der Waals surface area contributed by atoms with E-state index in [-0.39, 0.29) is 11.4 Å². The van der Waals surface area contributed by atoms with Crippen LogP contribution in [0.15, 0.2) is 42.5 Å². The van der Waals surface area contributed by atoms with E-state index in [4.69, 9.17) is 4.74 Å². The predicted molar refractivity (Wildman–Crippen MR) is 84.5 cm³/mol. The quantitative estimate of drug-likeness (QED) is 0.452. The molecule has 5 heteroatoms. The number of non-ortho nitro benzene ring substituents is 1.